The minimum absolute atomic E-state index is 0.0892. The van der Waals surface area contributed by atoms with Gasteiger partial charge in [0.2, 0.25) is 0 Å². The second-order valence-corrected chi connectivity index (χ2v) is 14.5. The van der Waals surface area contributed by atoms with Gasteiger partial charge in [-0.25, -0.2) is 4.39 Å². The molecule has 2 unspecified atom stereocenters. The number of aryl methyl sites for hydroxylation is 1. The minimum atomic E-state index is -4.93. The summed E-state index contributed by atoms with van der Waals surface area (Å²) < 4.78 is 74.0. The van der Waals surface area contributed by atoms with Gasteiger partial charge in [0, 0.05) is 61.9 Å². The van der Waals surface area contributed by atoms with Gasteiger partial charge in [-0.15, -0.1) is 5.92 Å². The Bertz CT molecular complexity index is 2050. The van der Waals surface area contributed by atoms with E-state index >= 15 is 4.39 Å². The number of ether oxygens (including phenoxy) is 2. The molecule has 1 amide bonds. The average Bonchev–Trinajstić information content (AvgIpc) is 3.69. The summed E-state index contributed by atoms with van der Waals surface area (Å²) in [6, 6.07) is 1.00. The molecule has 0 saturated carbocycles. The number of hydrogen-bond donors (Lipinski definition) is 1. The summed E-state index contributed by atoms with van der Waals surface area (Å²) in [4.78, 5) is 28.8. The number of aromatic nitrogens is 4. The van der Waals surface area contributed by atoms with Crippen molar-refractivity contribution in [3.05, 3.63) is 68.9 Å². The lowest BCUT2D eigenvalue weighted by Crippen LogP contribution is -2.43. The summed E-state index contributed by atoms with van der Waals surface area (Å²) in [6.07, 6.45) is -2.33. The van der Waals surface area contributed by atoms with Crippen LogP contribution in [0.2, 0.25) is 0 Å². The molecule has 2 aromatic heterocycles. The highest BCUT2D eigenvalue weighted by atomic mass is 19.4. The van der Waals surface area contributed by atoms with E-state index in [-0.39, 0.29) is 30.5 Å². The third kappa shape index (κ3) is 5.76. The first kappa shape index (κ1) is 34.4. The van der Waals surface area contributed by atoms with Gasteiger partial charge in [0.1, 0.15) is 12.4 Å². The maximum Gasteiger partial charge on any atom is 0.418 e. The molecule has 0 radical (unpaired) electrons. The van der Waals surface area contributed by atoms with Crippen molar-refractivity contribution < 1.29 is 31.8 Å². The zero-order valence-corrected chi connectivity index (χ0v) is 29.2. The number of amides is 1. The molecule has 52 heavy (non-hydrogen) atoms. The number of halogens is 4. The van der Waals surface area contributed by atoms with E-state index in [9.17, 15) is 18.0 Å². The lowest BCUT2D eigenvalue weighted by atomic mass is 9.90. The molecule has 2 fully saturated rings. The molecular weight excluding hydrogens is 680 g/mol. The number of carbonyl (C=O) groups excluding carboxylic acids is 1. The van der Waals surface area contributed by atoms with Crippen LogP contribution in [0, 0.1) is 17.7 Å². The first-order chi connectivity index (χ1) is 24.9. The van der Waals surface area contributed by atoms with E-state index in [1.165, 1.54) is 6.92 Å². The number of nitrogens with zero attached hydrogens (tertiary/aromatic N) is 7. The zero-order chi connectivity index (χ0) is 36.5. The van der Waals surface area contributed by atoms with Gasteiger partial charge in [0.25, 0.3) is 5.91 Å². The van der Waals surface area contributed by atoms with Crippen molar-refractivity contribution in [3.8, 4) is 17.9 Å². The van der Waals surface area contributed by atoms with Crippen molar-refractivity contribution in [2.75, 3.05) is 50.5 Å². The van der Waals surface area contributed by atoms with Crippen LogP contribution in [-0.4, -0.2) is 80.8 Å². The molecule has 5 aliphatic rings. The Hall–Kier alpha value is -4.68. The first-order valence-electron chi connectivity index (χ1n) is 17.6. The number of alkyl halides is 3. The molecule has 0 bridgehead atoms. The smallest absolute Gasteiger partial charge is 0.418 e. The van der Waals surface area contributed by atoms with Gasteiger partial charge in [-0.1, -0.05) is 18.1 Å². The monoisotopic (exact) mass is 720 g/mol. The summed E-state index contributed by atoms with van der Waals surface area (Å²) in [5.41, 5.74) is 7.35. The fourth-order valence-corrected chi connectivity index (χ4v) is 8.67. The van der Waals surface area contributed by atoms with E-state index < -0.39 is 40.5 Å². The summed E-state index contributed by atoms with van der Waals surface area (Å²) in [5, 5.41) is 4.69. The van der Waals surface area contributed by atoms with Crippen LogP contribution in [0.4, 0.5) is 29.1 Å². The molecule has 7 heterocycles. The average molecular weight is 721 g/mol. The van der Waals surface area contributed by atoms with Crippen molar-refractivity contribution in [3.63, 3.8) is 0 Å². The van der Waals surface area contributed by atoms with Crippen LogP contribution in [0.15, 0.2) is 18.2 Å². The van der Waals surface area contributed by atoms with Gasteiger partial charge in [0.05, 0.1) is 47.4 Å². The number of rotatable bonds is 5. The van der Waals surface area contributed by atoms with Crippen molar-refractivity contribution >= 4 is 17.4 Å². The molecule has 11 nitrogen and oxygen atoms in total. The van der Waals surface area contributed by atoms with Crippen LogP contribution in [-0.2, 0) is 43.5 Å². The van der Waals surface area contributed by atoms with Gasteiger partial charge in [0.15, 0.2) is 11.5 Å². The topological polar surface area (TPSA) is 115 Å². The Morgan fingerprint density at radius 1 is 1.15 bits per heavy atom. The van der Waals surface area contributed by atoms with E-state index in [2.05, 4.69) is 28.2 Å². The van der Waals surface area contributed by atoms with Gasteiger partial charge < -0.3 is 25.0 Å². The number of fused-ring (bicyclic) bond motifs is 5. The number of carbonyl (C=O) groups is 1. The molecule has 0 aliphatic carbocycles. The summed E-state index contributed by atoms with van der Waals surface area (Å²) in [6.45, 7) is 9.67. The van der Waals surface area contributed by atoms with Crippen LogP contribution in [0.3, 0.4) is 0 Å². The molecule has 2 saturated heterocycles. The van der Waals surface area contributed by atoms with Crippen molar-refractivity contribution in [1.29, 1.82) is 0 Å². The maximum atomic E-state index is 15.8. The van der Waals surface area contributed by atoms with E-state index in [0.29, 0.717) is 68.4 Å². The first-order valence-corrected chi connectivity index (χ1v) is 17.6. The van der Waals surface area contributed by atoms with E-state index in [1.807, 2.05) is 4.68 Å². The summed E-state index contributed by atoms with van der Waals surface area (Å²) in [7, 11) is 1.77. The number of nitrogen functional groups attached to an aromatic ring is 1. The van der Waals surface area contributed by atoms with Crippen LogP contribution in [0.5, 0.6) is 6.01 Å². The fraction of sp³-hybridized carbons (Fsp3) is 0.514. The minimum Gasteiger partial charge on any atom is -0.461 e. The Morgan fingerprint density at radius 3 is 2.77 bits per heavy atom. The predicted octanol–water partition coefficient (Wildman–Crippen LogP) is 4.81. The van der Waals surface area contributed by atoms with Gasteiger partial charge in [-0.05, 0) is 51.6 Å². The number of anilines is 2. The Kier molecular flexibility index (Phi) is 8.45. The van der Waals surface area contributed by atoms with Crippen LogP contribution < -0.4 is 15.4 Å². The SMILES string of the molecule is C=C1CN2CCCC2(COc2nc3c(c(N4CCCn5nc6c(c5C4)CCN(C)C6=O)n2)COC(c2c(F)c(N)cc(C#CC)c2C(F)(F)F)C3)C1. The number of benzene rings is 1. The Morgan fingerprint density at radius 2 is 1.98 bits per heavy atom. The molecule has 274 valence electrons. The maximum absolute atomic E-state index is 15.8. The number of nitrogens with two attached hydrogens (primary N) is 1. The highest BCUT2D eigenvalue weighted by Crippen LogP contribution is 2.45. The highest BCUT2D eigenvalue weighted by molar-refractivity contribution is 5.95. The normalized spacial score (nSPS) is 23.1. The molecule has 3 aromatic rings. The second-order valence-electron chi connectivity index (χ2n) is 14.5. The van der Waals surface area contributed by atoms with E-state index in [0.717, 1.165) is 55.2 Å². The quantitative estimate of drug-likeness (QED) is 0.172. The summed E-state index contributed by atoms with van der Waals surface area (Å²) >= 11 is 0. The highest BCUT2D eigenvalue weighted by Gasteiger charge is 2.47. The lowest BCUT2D eigenvalue weighted by Gasteiger charge is -2.33. The fourth-order valence-electron chi connectivity index (χ4n) is 8.67. The molecular formula is C37H40F4N8O3. The largest absolute Gasteiger partial charge is 0.461 e. The van der Waals surface area contributed by atoms with E-state index in [1.54, 1.807) is 11.9 Å². The lowest BCUT2D eigenvalue weighted by molar-refractivity contribution is -0.140. The Balaban J connectivity index is 1.20. The summed E-state index contributed by atoms with van der Waals surface area (Å²) in [5.74, 6) is 4.15. The standard InChI is InChI=1S/C37H40F4N8O3/c1-4-7-22-14-25(42)31(38)29(30(22)37(39,40)41)28-15-26-24(19-51-28)33(44-35(43-26)52-20-36-9-5-11-48(36)17-21(2)16-36)47-10-6-12-49-27(18-47)23-8-13-46(3)34(50)32(23)45-49/h14,28H,2,5-6,8-13,15-20,42H2,1,3H3. The van der Waals surface area contributed by atoms with Gasteiger partial charge in [-0.2, -0.15) is 28.2 Å². The second kappa shape index (κ2) is 12.8. The van der Waals surface area contributed by atoms with E-state index in [4.69, 9.17) is 30.3 Å². The Labute approximate surface area is 298 Å². The number of likely N-dealkylation sites (N-methyl/N-ethyl adjacent to an activating group) is 1. The van der Waals surface area contributed by atoms with Crippen molar-refractivity contribution in [2.24, 2.45) is 0 Å². The predicted molar refractivity (Wildman–Crippen MR) is 183 cm³/mol. The molecule has 2 atom stereocenters. The third-order valence-corrected chi connectivity index (χ3v) is 11.1. The number of hydrogen-bond acceptors (Lipinski definition) is 9. The molecule has 1 aromatic carbocycles. The third-order valence-electron chi connectivity index (χ3n) is 11.1. The molecule has 5 aliphatic heterocycles. The molecule has 0 spiro atoms. The van der Waals surface area contributed by atoms with Crippen molar-refractivity contribution in [2.45, 2.75) is 83.0 Å². The van der Waals surface area contributed by atoms with Crippen LogP contribution >= 0.6 is 0 Å². The van der Waals surface area contributed by atoms with Crippen LogP contribution in [0.1, 0.15) is 88.4 Å². The van der Waals surface area contributed by atoms with Gasteiger partial charge in [-0.3, -0.25) is 14.4 Å². The molecule has 15 heteroatoms. The van der Waals surface area contributed by atoms with Gasteiger partial charge >= 0.3 is 12.2 Å². The van der Waals surface area contributed by atoms with Crippen LogP contribution in [0.25, 0.3) is 0 Å². The molecule has 2 N–H and O–H groups in total. The molecule has 8 rings (SSSR count). The van der Waals surface area contributed by atoms with Crippen molar-refractivity contribution in [1.82, 2.24) is 29.5 Å². The zero-order valence-electron chi connectivity index (χ0n) is 29.2.